The van der Waals surface area contributed by atoms with E-state index in [0.717, 1.165) is 13.0 Å². The summed E-state index contributed by atoms with van der Waals surface area (Å²) in [4.78, 5) is 33.6. The van der Waals surface area contributed by atoms with E-state index in [1.54, 1.807) is 23.1 Å². The van der Waals surface area contributed by atoms with E-state index in [4.69, 9.17) is 4.74 Å². The quantitative estimate of drug-likeness (QED) is 0.795. The number of amides is 1. The lowest BCUT2D eigenvalue weighted by molar-refractivity contribution is -0.131. The van der Waals surface area contributed by atoms with Gasteiger partial charge in [0.2, 0.25) is 5.91 Å². The average molecular weight is 372 g/mol. The van der Waals surface area contributed by atoms with E-state index in [0.29, 0.717) is 43.8 Å². The number of rotatable bonds is 3. The summed E-state index contributed by atoms with van der Waals surface area (Å²) in [6.45, 7) is 3.65. The van der Waals surface area contributed by atoms with Gasteiger partial charge < -0.3 is 14.7 Å². The number of aliphatic hydroxyl groups is 1. The summed E-state index contributed by atoms with van der Waals surface area (Å²) in [5.41, 5.74) is 0.436. The number of carbonyl (C=O) groups is 1. The minimum absolute atomic E-state index is 0.00681. The fourth-order valence-electron chi connectivity index (χ4n) is 3.86. The zero-order valence-electron chi connectivity index (χ0n) is 15.2. The zero-order chi connectivity index (χ0) is 18.8. The van der Waals surface area contributed by atoms with Gasteiger partial charge in [-0.25, -0.2) is 4.98 Å². The highest BCUT2D eigenvalue weighted by Crippen LogP contribution is 2.16. The third-order valence-electron chi connectivity index (χ3n) is 5.41. The van der Waals surface area contributed by atoms with Crippen LogP contribution in [0.15, 0.2) is 35.4 Å². The highest BCUT2D eigenvalue weighted by molar-refractivity contribution is 5.79. The molecule has 2 aromatic rings. The van der Waals surface area contributed by atoms with Crippen molar-refractivity contribution in [1.29, 1.82) is 0 Å². The molecule has 0 saturated carbocycles. The third kappa shape index (κ3) is 3.73. The molecule has 27 heavy (non-hydrogen) atoms. The van der Waals surface area contributed by atoms with Crippen LogP contribution in [0.2, 0.25) is 0 Å². The average Bonchev–Trinajstić information content (AvgIpc) is 2.96. The monoisotopic (exact) mass is 372 g/mol. The smallest absolute Gasteiger partial charge is 0.261 e. The molecular weight excluding hydrogens is 348 g/mol. The number of para-hydroxylation sites is 1. The van der Waals surface area contributed by atoms with E-state index in [-0.39, 0.29) is 24.1 Å². The van der Waals surface area contributed by atoms with Gasteiger partial charge in [-0.05, 0) is 18.6 Å². The van der Waals surface area contributed by atoms with Crippen LogP contribution >= 0.6 is 0 Å². The van der Waals surface area contributed by atoms with E-state index < -0.39 is 6.10 Å². The standard InChI is InChI=1S/C19H24N4O4/c24-17-12-27-11-16(17)21-6-3-7-22(9-8-21)18(25)10-23-13-20-15-5-2-1-4-14(15)19(23)26/h1-2,4-5,13,16-17,24H,3,6-12H2/t16-,17-/m0/s1. The van der Waals surface area contributed by atoms with Crippen LogP contribution < -0.4 is 5.56 Å². The van der Waals surface area contributed by atoms with Crippen molar-refractivity contribution in [2.24, 2.45) is 0 Å². The highest BCUT2D eigenvalue weighted by Gasteiger charge is 2.33. The Bertz CT molecular complexity index is 883. The van der Waals surface area contributed by atoms with Gasteiger partial charge in [0.25, 0.3) is 5.56 Å². The minimum atomic E-state index is -0.463. The molecule has 1 aromatic carbocycles. The molecule has 0 radical (unpaired) electrons. The maximum absolute atomic E-state index is 12.7. The fourth-order valence-corrected chi connectivity index (χ4v) is 3.86. The molecule has 0 unspecified atom stereocenters. The molecule has 0 spiro atoms. The SMILES string of the molecule is O=C(Cn1cnc2ccccc2c1=O)N1CCCN([C@H]2COC[C@@H]2O)CC1. The number of aromatic nitrogens is 2. The maximum Gasteiger partial charge on any atom is 0.261 e. The van der Waals surface area contributed by atoms with Crippen molar-refractivity contribution in [1.82, 2.24) is 19.4 Å². The number of benzene rings is 1. The molecule has 2 fully saturated rings. The molecule has 0 bridgehead atoms. The topological polar surface area (TPSA) is 87.9 Å². The lowest BCUT2D eigenvalue weighted by atomic mass is 10.2. The number of nitrogens with zero attached hydrogens (tertiary/aromatic N) is 4. The number of hydrogen-bond acceptors (Lipinski definition) is 6. The summed E-state index contributed by atoms with van der Waals surface area (Å²) in [5, 5.41) is 10.5. The Kier molecular flexibility index (Phi) is 5.20. The molecule has 8 heteroatoms. The first-order valence-electron chi connectivity index (χ1n) is 9.35. The van der Waals surface area contributed by atoms with Gasteiger partial charge in [-0.1, -0.05) is 12.1 Å². The fraction of sp³-hybridized carbons (Fsp3) is 0.526. The molecule has 2 saturated heterocycles. The van der Waals surface area contributed by atoms with Crippen LogP contribution in [0.3, 0.4) is 0 Å². The van der Waals surface area contributed by atoms with Gasteiger partial charge in [0.05, 0.1) is 42.6 Å². The maximum atomic E-state index is 12.7. The number of aliphatic hydroxyl groups excluding tert-OH is 1. The van der Waals surface area contributed by atoms with Gasteiger partial charge in [0, 0.05) is 26.2 Å². The van der Waals surface area contributed by atoms with Gasteiger partial charge >= 0.3 is 0 Å². The van der Waals surface area contributed by atoms with Gasteiger partial charge in [0.15, 0.2) is 0 Å². The second-order valence-electron chi connectivity index (χ2n) is 7.14. The molecule has 1 amide bonds. The summed E-state index contributed by atoms with van der Waals surface area (Å²) < 4.78 is 6.72. The second-order valence-corrected chi connectivity index (χ2v) is 7.14. The van der Waals surface area contributed by atoms with E-state index in [1.807, 2.05) is 6.07 Å². The number of hydrogen-bond donors (Lipinski definition) is 1. The molecule has 3 heterocycles. The molecule has 1 N–H and O–H groups in total. The Hall–Kier alpha value is -2.29. The van der Waals surface area contributed by atoms with Crippen LogP contribution in [-0.4, -0.2) is 81.9 Å². The predicted molar refractivity (Wildman–Crippen MR) is 99.4 cm³/mol. The van der Waals surface area contributed by atoms with Crippen LogP contribution in [0.4, 0.5) is 0 Å². The lowest BCUT2D eigenvalue weighted by Crippen LogP contribution is -2.45. The van der Waals surface area contributed by atoms with Crippen LogP contribution in [0, 0.1) is 0 Å². The first-order valence-corrected chi connectivity index (χ1v) is 9.35. The first kappa shape index (κ1) is 18.1. The molecule has 4 rings (SSSR count). The Morgan fingerprint density at radius 2 is 2.04 bits per heavy atom. The molecular formula is C19H24N4O4. The molecule has 0 aliphatic carbocycles. The van der Waals surface area contributed by atoms with Crippen molar-refractivity contribution in [2.45, 2.75) is 25.1 Å². The second kappa shape index (κ2) is 7.75. The minimum Gasteiger partial charge on any atom is -0.389 e. The van der Waals surface area contributed by atoms with E-state index in [1.165, 1.54) is 10.9 Å². The largest absolute Gasteiger partial charge is 0.389 e. The summed E-state index contributed by atoms with van der Waals surface area (Å²) in [7, 11) is 0. The Morgan fingerprint density at radius 3 is 2.85 bits per heavy atom. The van der Waals surface area contributed by atoms with E-state index >= 15 is 0 Å². The zero-order valence-corrected chi connectivity index (χ0v) is 15.2. The van der Waals surface area contributed by atoms with E-state index in [9.17, 15) is 14.7 Å². The van der Waals surface area contributed by atoms with Crippen molar-refractivity contribution in [3.05, 3.63) is 40.9 Å². The van der Waals surface area contributed by atoms with Crippen LogP contribution in [0.1, 0.15) is 6.42 Å². The van der Waals surface area contributed by atoms with Crippen molar-refractivity contribution >= 4 is 16.8 Å². The van der Waals surface area contributed by atoms with Crippen LogP contribution in [-0.2, 0) is 16.1 Å². The predicted octanol–water partition coefficient (Wildman–Crippen LogP) is -0.309. The number of ether oxygens (including phenoxy) is 1. The Labute approximate surface area is 157 Å². The summed E-state index contributed by atoms with van der Waals surface area (Å²) in [6, 6.07) is 7.15. The normalized spacial score (nSPS) is 24.3. The molecule has 1 aromatic heterocycles. The van der Waals surface area contributed by atoms with Crippen molar-refractivity contribution in [3.63, 3.8) is 0 Å². The molecule has 2 aliphatic rings. The van der Waals surface area contributed by atoms with Gasteiger partial charge in [0.1, 0.15) is 6.54 Å². The molecule has 144 valence electrons. The summed E-state index contributed by atoms with van der Waals surface area (Å²) in [5.74, 6) is -0.0840. The third-order valence-corrected chi connectivity index (χ3v) is 5.41. The molecule has 2 aliphatic heterocycles. The number of carbonyl (C=O) groups excluding carboxylic acids is 1. The van der Waals surface area contributed by atoms with Gasteiger partial charge in [-0.15, -0.1) is 0 Å². The molecule has 2 atom stereocenters. The van der Waals surface area contributed by atoms with Gasteiger partial charge in [-0.3, -0.25) is 19.1 Å². The van der Waals surface area contributed by atoms with Crippen molar-refractivity contribution < 1.29 is 14.6 Å². The Balaban J connectivity index is 1.43. The highest BCUT2D eigenvalue weighted by atomic mass is 16.5. The summed E-state index contributed by atoms with van der Waals surface area (Å²) in [6.07, 6.45) is 1.81. The van der Waals surface area contributed by atoms with Crippen molar-refractivity contribution in [2.75, 3.05) is 39.4 Å². The van der Waals surface area contributed by atoms with Crippen LogP contribution in [0.5, 0.6) is 0 Å². The van der Waals surface area contributed by atoms with Gasteiger partial charge in [-0.2, -0.15) is 0 Å². The van der Waals surface area contributed by atoms with Crippen LogP contribution in [0.25, 0.3) is 10.9 Å². The Morgan fingerprint density at radius 1 is 1.19 bits per heavy atom. The summed E-state index contributed by atoms with van der Waals surface area (Å²) >= 11 is 0. The van der Waals surface area contributed by atoms with Crippen molar-refractivity contribution in [3.8, 4) is 0 Å². The van der Waals surface area contributed by atoms with E-state index in [2.05, 4.69) is 9.88 Å². The lowest BCUT2D eigenvalue weighted by Gasteiger charge is -2.28. The molecule has 8 nitrogen and oxygen atoms in total. The first-order chi connectivity index (χ1) is 13.1. The number of fused-ring (bicyclic) bond motifs is 1.